The quantitative estimate of drug-likeness (QED) is 0.884. The highest BCUT2D eigenvalue weighted by Crippen LogP contribution is 2.26. The molecule has 0 heterocycles. The van der Waals surface area contributed by atoms with Gasteiger partial charge in [0.1, 0.15) is 0 Å². The van der Waals surface area contributed by atoms with E-state index in [0.717, 1.165) is 0 Å². The third-order valence-corrected chi connectivity index (χ3v) is 4.87. The molecule has 102 valence electrons. The molecule has 0 radical (unpaired) electrons. The number of halogens is 1. The first kappa shape index (κ1) is 14.4. The van der Waals surface area contributed by atoms with Crippen molar-refractivity contribution in [3.05, 3.63) is 58.6 Å². The topological polar surface area (TPSA) is 84.0 Å². The summed E-state index contributed by atoms with van der Waals surface area (Å²) in [4.78, 5) is 0.0837. The van der Waals surface area contributed by atoms with Gasteiger partial charge in [-0.25, -0.2) is 8.42 Å². The molecule has 4 nitrogen and oxygen atoms in total. The first-order valence-electron chi connectivity index (χ1n) is 5.70. The van der Waals surface area contributed by atoms with Crippen molar-refractivity contribution >= 4 is 27.1 Å². The summed E-state index contributed by atoms with van der Waals surface area (Å²) >= 11 is 5.99. The number of nitrogens with zero attached hydrogens (tertiary/aromatic N) is 1. The van der Waals surface area contributed by atoms with Crippen molar-refractivity contribution in [2.75, 3.05) is 5.73 Å². The Morgan fingerprint density at radius 3 is 2.50 bits per heavy atom. The van der Waals surface area contributed by atoms with E-state index in [2.05, 4.69) is 0 Å². The smallest absolute Gasteiger partial charge is 0.184 e. The number of anilines is 1. The molecule has 0 saturated carbocycles. The first-order valence-corrected chi connectivity index (χ1v) is 7.73. The Bertz CT molecular complexity index is 795. The molecule has 0 aliphatic heterocycles. The summed E-state index contributed by atoms with van der Waals surface area (Å²) < 4.78 is 24.7. The van der Waals surface area contributed by atoms with Crippen LogP contribution in [0.1, 0.15) is 11.1 Å². The zero-order chi connectivity index (χ0) is 14.8. The van der Waals surface area contributed by atoms with Crippen LogP contribution in [-0.2, 0) is 15.6 Å². The van der Waals surface area contributed by atoms with Gasteiger partial charge in [0.15, 0.2) is 9.84 Å². The molecule has 0 atom stereocenters. The lowest BCUT2D eigenvalue weighted by Crippen LogP contribution is -2.08. The van der Waals surface area contributed by atoms with E-state index < -0.39 is 9.84 Å². The lowest BCUT2D eigenvalue weighted by molar-refractivity contribution is 0.595. The maximum atomic E-state index is 12.3. The number of benzene rings is 2. The molecule has 0 saturated heterocycles. The van der Waals surface area contributed by atoms with Crippen molar-refractivity contribution in [1.29, 1.82) is 5.26 Å². The second-order valence-corrected chi connectivity index (χ2v) is 6.58. The van der Waals surface area contributed by atoms with Gasteiger partial charge in [-0.05, 0) is 29.8 Å². The standard InChI is InChI=1S/C14H11ClN2O2S/c15-12-7-10(8-16)5-6-11(12)9-20(18,19)14-4-2-1-3-13(14)17/h1-7H,9,17H2. The van der Waals surface area contributed by atoms with Crippen LogP contribution in [0.5, 0.6) is 0 Å². The van der Waals surface area contributed by atoms with Crippen molar-refractivity contribution < 1.29 is 8.42 Å². The molecule has 0 aliphatic carbocycles. The zero-order valence-corrected chi connectivity index (χ0v) is 11.9. The highest BCUT2D eigenvalue weighted by Gasteiger charge is 2.19. The fraction of sp³-hybridized carbons (Fsp3) is 0.0714. The van der Waals surface area contributed by atoms with E-state index in [1.807, 2.05) is 6.07 Å². The van der Waals surface area contributed by atoms with E-state index in [1.165, 1.54) is 30.3 Å². The van der Waals surface area contributed by atoms with Gasteiger partial charge in [-0.3, -0.25) is 0 Å². The van der Waals surface area contributed by atoms with Crippen LogP contribution in [0, 0.1) is 11.3 Å². The van der Waals surface area contributed by atoms with Crippen LogP contribution < -0.4 is 5.73 Å². The minimum absolute atomic E-state index is 0.0837. The van der Waals surface area contributed by atoms with Crippen molar-refractivity contribution in [3.63, 3.8) is 0 Å². The Balaban J connectivity index is 2.40. The third-order valence-electron chi connectivity index (χ3n) is 2.78. The van der Waals surface area contributed by atoms with Gasteiger partial charge in [-0.2, -0.15) is 5.26 Å². The van der Waals surface area contributed by atoms with Gasteiger partial charge < -0.3 is 5.73 Å². The summed E-state index contributed by atoms with van der Waals surface area (Å²) in [5.74, 6) is -0.258. The summed E-state index contributed by atoms with van der Waals surface area (Å²) in [6, 6.07) is 12.7. The molecule has 20 heavy (non-hydrogen) atoms. The molecule has 0 aromatic heterocycles. The highest BCUT2D eigenvalue weighted by molar-refractivity contribution is 7.90. The van der Waals surface area contributed by atoms with Crippen molar-refractivity contribution in [2.24, 2.45) is 0 Å². The number of rotatable bonds is 3. The van der Waals surface area contributed by atoms with Gasteiger partial charge in [0.25, 0.3) is 0 Å². The summed E-state index contributed by atoms with van der Waals surface area (Å²) in [5, 5.41) is 9.01. The number of hydrogen-bond donors (Lipinski definition) is 1. The van der Waals surface area contributed by atoms with Gasteiger partial charge in [-0.1, -0.05) is 29.8 Å². The van der Waals surface area contributed by atoms with E-state index in [0.29, 0.717) is 11.1 Å². The minimum Gasteiger partial charge on any atom is -0.398 e. The second kappa shape index (κ2) is 5.53. The van der Waals surface area contributed by atoms with Gasteiger partial charge in [0.05, 0.1) is 28.0 Å². The van der Waals surface area contributed by atoms with Crippen LogP contribution in [0.2, 0.25) is 5.02 Å². The van der Waals surface area contributed by atoms with Gasteiger partial charge in [-0.15, -0.1) is 0 Å². The predicted molar refractivity (Wildman–Crippen MR) is 77.9 cm³/mol. The lowest BCUT2D eigenvalue weighted by Gasteiger charge is -2.08. The SMILES string of the molecule is N#Cc1ccc(CS(=O)(=O)c2ccccc2N)c(Cl)c1. The summed E-state index contributed by atoms with van der Waals surface area (Å²) in [6.07, 6.45) is 0. The molecular formula is C14H11ClN2O2S. The largest absolute Gasteiger partial charge is 0.398 e. The monoisotopic (exact) mass is 306 g/mol. The van der Waals surface area contributed by atoms with Crippen LogP contribution in [-0.4, -0.2) is 8.42 Å². The number of nitriles is 1. The molecule has 2 rings (SSSR count). The maximum absolute atomic E-state index is 12.3. The highest BCUT2D eigenvalue weighted by atomic mass is 35.5. The van der Waals surface area contributed by atoms with Crippen LogP contribution in [0.15, 0.2) is 47.4 Å². The van der Waals surface area contributed by atoms with E-state index in [9.17, 15) is 8.42 Å². The number of nitrogens with two attached hydrogens (primary N) is 1. The number of nitrogen functional groups attached to an aromatic ring is 1. The summed E-state index contributed by atoms with van der Waals surface area (Å²) in [6.45, 7) is 0. The van der Waals surface area contributed by atoms with Crippen molar-refractivity contribution in [1.82, 2.24) is 0 Å². The Morgan fingerprint density at radius 2 is 1.90 bits per heavy atom. The van der Waals surface area contributed by atoms with Crippen molar-refractivity contribution in [2.45, 2.75) is 10.6 Å². The Morgan fingerprint density at radius 1 is 1.20 bits per heavy atom. The zero-order valence-electron chi connectivity index (χ0n) is 10.4. The molecule has 0 aliphatic rings. The van der Waals surface area contributed by atoms with Crippen LogP contribution >= 0.6 is 11.6 Å². The molecule has 2 aromatic carbocycles. The number of para-hydroxylation sites is 1. The van der Waals surface area contributed by atoms with E-state index in [1.54, 1.807) is 12.1 Å². The predicted octanol–water partition coefficient (Wildman–Crippen LogP) is 2.77. The van der Waals surface area contributed by atoms with Gasteiger partial charge >= 0.3 is 0 Å². The average molecular weight is 307 g/mol. The average Bonchev–Trinajstić information content (AvgIpc) is 2.41. The van der Waals surface area contributed by atoms with Crippen LogP contribution in [0.3, 0.4) is 0 Å². The Labute approximate surface area is 122 Å². The normalized spacial score (nSPS) is 11.0. The minimum atomic E-state index is -3.58. The molecule has 2 N–H and O–H groups in total. The van der Waals surface area contributed by atoms with E-state index in [4.69, 9.17) is 22.6 Å². The molecule has 0 spiro atoms. The Kier molecular flexibility index (Phi) is 3.98. The molecule has 2 aromatic rings. The van der Waals surface area contributed by atoms with Crippen LogP contribution in [0.4, 0.5) is 5.69 Å². The molecule has 0 fully saturated rings. The molecule has 6 heteroatoms. The lowest BCUT2D eigenvalue weighted by atomic mass is 10.2. The van der Waals surface area contributed by atoms with Crippen LogP contribution in [0.25, 0.3) is 0 Å². The van der Waals surface area contributed by atoms with E-state index in [-0.39, 0.29) is 21.4 Å². The van der Waals surface area contributed by atoms with Crippen molar-refractivity contribution in [3.8, 4) is 6.07 Å². The molecule has 0 bridgehead atoms. The first-order chi connectivity index (χ1) is 9.44. The fourth-order valence-electron chi connectivity index (χ4n) is 1.78. The number of hydrogen-bond acceptors (Lipinski definition) is 4. The number of sulfone groups is 1. The molecule has 0 unspecified atom stereocenters. The summed E-state index contributed by atoms with van der Waals surface area (Å²) in [5.41, 5.74) is 6.72. The summed E-state index contributed by atoms with van der Waals surface area (Å²) in [7, 11) is -3.58. The second-order valence-electron chi connectivity index (χ2n) is 4.21. The Hall–Kier alpha value is -2.03. The third kappa shape index (κ3) is 2.93. The molecule has 0 amide bonds. The fourth-order valence-corrected chi connectivity index (χ4v) is 3.64. The van der Waals surface area contributed by atoms with E-state index >= 15 is 0 Å². The maximum Gasteiger partial charge on any atom is 0.184 e. The van der Waals surface area contributed by atoms with Gasteiger partial charge in [0, 0.05) is 5.02 Å². The van der Waals surface area contributed by atoms with Gasteiger partial charge in [0.2, 0.25) is 0 Å². The molecular weight excluding hydrogens is 296 g/mol.